The van der Waals surface area contributed by atoms with Gasteiger partial charge in [-0.1, -0.05) is 18.2 Å². The lowest BCUT2D eigenvalue weighted by atomic mass is 9.87. The lowest BCUT2D eigenvalue weighted by molar-refractivity contribution is -0.00355. The molecule has 6 nitrogen and oxygen atoms in total. The number of aromatic nitrogens is 1. The molecule has 1 aromatic heterocycles. The predicted octanol–water partition coefficient (Wildman–Crippen LogP) is 3.10. The summed E-state index contributed by atoms with van der Waals surface area (Å²) in [5.74, 6) is 0.659. The van der Waals surface area contributed by atoms with Gasteiger partial charge in [0.1, 0.15) is 0 Å². The Morgan fingerprint density at radius 3 is 2.59 bits per heavy atom. The maximum absolute atomic E-state index is 12.9. The van der Waals surface area contributed by atoms with E-state index >= 15 is 0 Å². The molecular formula is C22H34N2O4S. The molecule has 0 bridgehead atoms. The van der Waals surface area contributed by atoms with E-state index in [-0.39, 0.29) is 29.5 Å². The van der Waals surface area contributed by atoms with Crippen molar-refractivity contribution in [3.05, 3.63) is 45.9 Å². The summed E-state index contributed by atoms with van der Waals surface area (Å²) in [4.78, 5) is 12.9. The summed E-state index contributed by atoms with van der Waals surface area (Å²) < 4.78 is 35.3. The summed E-state index contributed by atoms with van der Waals surface area (Å²) in [6.45, 7) is 5.84. The van der Waals surface area contributed by atoms with Crippen LogP contribution in [0.15, 0.2) is 29.1 Å². The van der Waals surface area contributed by atoms with Crippen LogP contribution in [0.2, 0.25) is 0 Å². The maximum atomic E-state index is 12.9. The predicted molar refractivity (Wildman–Crippen MR) is 116 cm³/mol. The highest BCUT2D eigenvalue weighted by molar-refractivity contribution is 7.89. The minimum absolute atomic E-state index is 0.0294. The van der Waals surface area contributed by atoms with Gasteiger partial charge in [-0.15, -0.1) is 0 Å². The molecule has 2 heterocycles. The monoisotopic (exact) mass is 422 g/mol. The second-order valence-corrected chi connectivity index (χ2v) is 10.4. The van der Waals surface area contributed by atoms with Crippen molar-refractivity contribution in [2.75, 3.05) is 12.4 Å². The van der Waals surface area contributed by atoms with E-state index < -0.39 is 10.0 Å². The number of rotatable bonds is 7. The summed E-state index contributed by atoms with van der Waals surface area (Å²) in [5.41, 5.74) is 1.58. The van der Waals surface area contributed by atoms with Gasteiger partial charge in [0.25, 0.3) is 5.56 Å². The molecule has 7 heteroatoms. The van der Waals surface area contributed by atoms with Crippen molar-refractivity contribution in [1.82, 2.24) is 9.29 Å². The van der Waals surface area contributed by atoms with Crippen molar-refractivity contribution in [3.63, 3.8) is 0 Å². The highest BCUT2D eigenvalue weighted by atomic mass is 32.2. The molecule has 0 spiro atoms. The fourth-order valence-corrected chi connectivity index (χ4v) is 5.44. The SMILES string of the molecule is C/C=C\C1CCC(OC[C@@H]2[C@@H](NS(=O)(=O)CC)CCc3ccc(C)c(=O)n32)CC1. The molecule has 1 fully saturated rings. The van der Waals surface area contributed by atoms with Crippen molar-refractivity contribution >= 4 is 10.0 Å². The quantitative estimate of drug-likeness (QED) is 0.685. The minimum atomic E-state index is -3.36. The number of allylic oxidation sites excluding steroid dienone is 2. The number of fused-ring (bicyclic) bond motifs is 1. The van der Waals surface area contributed by atoms with Crippen molar-refractivity contribution in [1.29, 1.82) is 0 Å². The van der Waals surface area contributed by atoms with E-state index in [9.17, 15) is 13.2 Å². The van der Waals surface area contributed by atoms with Gasteiger partial charge in [-0.05, 0) is 71.3 Å². The first-order chi connectivity index (χ1) is 13.8. The number of ether oxygens (including phenoxy) is 1. The van der Waals surface area contributed by atoms with Crippen LogP contribution in [0.1, 0.15) is 63.3 Å². The topological polar surface area (TPSA) is 77.4 Å². The van der Waals surface area contributed by atoms with E-state index in [1.54, 1.807) is 18.4 Å². The lowest BCUT2D eigenvalue weighted by Gasteiger charge is -2.37. The Labute approximate surface area is 174 Å². The third kappa shape index (κ3) is 5.38. The number of nitrogens with one attached hydrogen (secondary N) is 1. The van der Waals surface area contributed by atoms with Gasteiger partial charge in [0.2, 0.25) is 10.0 Å². The fourth-order valence-electron chi connectivity index (χ4n) is 4.53. The molecule has 1 aliphatic carbocycles. The van der Waals surface area contributed by atoms with E-state index in [4.69, 9.17) is 4.74 Å². The standard InChI is InChI=1S/C22H34N2O4S/c1-4-6-17-8-12-19(13-9-17)28-15-21-20(23-29(26,27)5-2)14-11-18-10-7-16(3)22(25)24(18)21/h4,6-7,10,17,19-21,23H,5,8-9,11-15H2,1-3H3/b6-4-/t17?,19?,20-,21+/m0/s1. The van der Waals surface area contributed by atoms with Crippen molar-refractivity contribution < 1.29 is 13.2 Å². The molecule has 0 aromatic carbocycles. The van der Waals surface area contributed by atoms with Gasteiger partial charge < -0.3 is 9.30 Å². The highest BCUT2D eigenvalue weighted by Gasteiger charge is 2.34. The number of pyridine rings is 1. The molecule has 0 radical (unpaired) electrons. The van der Waals surface area contributed by atoms with Crippen LogP contribution in [-0.2, 0) is 21.2 Å². The van der Waals surface area contributed by atoms with Crippen molar-refractivity contribution in [3.8, 4) is 0 Å². The summed E-state index contributed by atoms with van der Waals surface area (Å²) in [5, 5.41) is 0. The number of nitrogens with zero attached hydrogens (tertiary/aromatic N) is 1. The largest absolute Gasteiger partial charge is 0.376 e. The van der Waals surface area contributed by atoms with E-state index in [2.05, 4.69) is 23.8 Å². The molecule has 0 saturated heterocycles. The molecule has 1 N–H and O–H groups in total. The number of aryl methyl sites for hydroxylation is 2. The Morgan fingerprint density at radius 2 is 1.93 bits per heavy atom. The Kier molecular flexibility index (Phi) is 7.35. The van der Waals surface area contributed by atoms with Crippen LogP contribution < -0.4 is 10.3 Å². The van der Waals surface area contributed by atoms with Gasteiger partial charge in [-0.3, -0.25) is 4.79 Å². The molecule has 3 rings (SSSR count). The van der Waals surface area contributed by atoms with Crippen LogP contribution in [0.25, 0.3) is 0 Å². The molecule has 1 aromatic rings. The van der Waals surface area contributed by atoms with E-state index in [0.29, 0.717) is 30.9 Å². The number of hydrogen-bond acceptors (Lipinski definition) is 4. The molecule has 0 amide bonds. The Bertz CT molecular complexity index is 883. The molecule has 1 aliphatic heterocycles. The zero-order chi connectivity index (χ0) is 21.0. The van der Waals surface area contributed by atoms with Gasteiger partial charge in [-0.25, -0.2) is 13.1 Å². The van der Waals surface area contributed by atoms with Gasteiger partial charge in [0.15, 0.2) is 0 Å². The van der Waals surface area contributed by atoms with Crippen LogP contribution >= 0.6 is 0 Å². The fraction of sp³-hybridized carbons (Fsp3) is 0.682. The van der Waals surface area contributed by atoms with Crippen molar-refractivity contribution in [2.45, 2.75) is 77.5 Å². The zero-order valence-electron chi connectivity index (χ0n) is 17.8. The summed E-state index contributed by atoms with van der Waals surface area (Å²) in [7, 11) is -3.36. The molecule has 0 unspecified atom stereocenters. The lowest BCUT2D eigenvalue weighted by Crippen LogP contribution is -2.50. The van der Waals surface area contributed by atoms with E-state index in [1.165, 1.54) is 0 Å². The number of hydrogen-bond donors (Lipinski definition) is 1. The third-order valence-corrected chi connectivity index (χ3v) is 7.72. The average molecular weight is 423 g/mol. The van der Waals surface area contributed by atoms with Crippen LogP contribution in [0, 0.1) is 12.8 Å². The Morgan fingerprint density at radius 1 is 1.21 bits per heavy atom. The highest BCUT2D eigenvalue weighted by Crippen LogP contribution is 2.30. The Balaban J connectivity index is 1.78. The first-order valence-corrected chi connectivity index (χ1v) is 12.4. The van der Waals surface area contributed by atoms with Crippen molar-refractivity contribution in [2.24, 2.45) is 5.92 Å². The molecular weight excluding hydrogens is 388 g/mol. The van der Waals surface area contributed by atoms with Crippen LogP contribution in [0.5, 0.6) is 0 Å². The van der Waals surface area contributed by atoms with Gasteiger partial charge >= 0.3 is 0 Å². The molecule has 1 saturated carbocycles. The maximum Gasteiger partial charge on any atom is 0.254 e. The second-order valence-electron chi connectivity index (χ2n) is 8.31. The van der Waals surface area contributed by atoms with Crippen LogP contribution in [-0.4, -0.2) is 37.5 Å². The molecule has 162 valence electrons. The average Bonchev–Trinajstić information content (AvgIpc) is 2.71. The Hall–Kier alpha value is -1.44. The normalized spacial score (nSPS) is 27.8. The second kappa shape index (κ2) is 9.58. The van der Waals surface area contributed by atoms with Gasteiger partial charge in [0.05, 0.1) is 24.5 Å². The summed E-state index contributed by atoms with van der Waals surface area (Å²) >= 11 is 0. The first-order valence-electron chi connectivity index (χ1n) is 10.8. The van der Waals surface area contributed by atoms with E-state index in [1.807, 2.05) is 12.1 Å². The van der Waals surface area contributed by atoms with Gasteiger partial charge in [0, 0.05) is 17.3 Å². The smallest absolute Gasteiger partial charge is 0.254 e. The molecule has 2 aliphatic rings. The first kappa shape index (κ1) is 22.2. The van der Waals surface area contributed by atoms with Gasteiger partial charge in [-0.2, -0.15) is 0 Å². The van der Waals surface area contributed by atoms with Crippen LogP contribution in [0.3, 0.4) is 0 Å². The summed E-state index contributed by atoms with van der Waals surface area (Å²) in [6.07, 6.45) is 10.1. The van der Waals surface area contributed by atoms with Crippen LogP contribution in [0.4, 0.5) is 0 Å². The van der Waals surface area contributed by atoms with E-state index in [0.717, 1.165) is 31.4 Å². The minimum Gasteiger partial charge on any atom is -0.376 e. The molecule has 2 atom stereocenters. The summed E-state index contributed by atoms with van der Waals surface area (Å²) in [6, 6.07) is 3.19. The third-order valence-electron chi connectivity index (χ3n) is 6.30. The zero-order valence-corrected chi connectivity index (χ0v) is 18.6. The number of sulfonamides is 1. The molecule has 29 heavy (non-hydrogen) atoms.